The van der Waals surface area contributed by atoms with Crippen molar-refractivity contribution in [3.8, 4) is 0 Å². The summed E-state index contributed by atoms with van der Waals surface area (Å²) in [6, 6.07) is 5.39. The quantitative estimate of drug-likeness (QED) is 0.816. The average Bonchev–Trinajstić information content (AvgIpc) is 2.86. The third kappa shape index (κ3) is 3.72. The number of nitrogens with zero attached hydrogens (tertiary/aromatic N) is 2. The Morgan fingerprint density at radius 1 is 1.44 bits per heavy atom. The van der Waals surface area contributed by atoms with Crippen LogP contribution in [0.3, 0.4) is 0 Å². The van der Waals surface area contributed by atoms with Crippen molar-refractivity contribution in [3.05, 3.63) is 41.2 Å². The first-order chi connectivity index (χ1) is 8.78. The lowest BCUT2D eigenvalue weighted by Crippen LogP contribution is -2.05. The van der Waals surface area contributed by atoms with E-state index in [-0.39, 0.29) is 0 Å². The molecule has 0 aromatic carbocycles. The first-order valence-electron chi connectivity index (χ1n) is 5.65. The Bertz CT molecular complexity index is 488. The van der Waals surface area contributed by atoms with E-state index < -0.39 is 0 Å². The summed E-state index contributed by atoms with van der Waals surface area (Å²) in [4.78, 5) is 8.38. The molecule has 5 nitrogen and oxygen atoms in total. The predicted octanol–water partition coefficient (Wildman–Crippen LogP) is 2.87. The van der Waals surface area contributed by atoms with E-state index in [2.05, 4.69) is 15.3 Å². The van der Waals surface area contributed by atoms with Gasteiger partial charge in [-0.05, 0) is 19.1 Å². The molecule has 0 aliphatic carbocycles. The third-order valence-corrected chi connectivity index (χ3v) is 2.39. The van der Waals surface area contributed by atoms with Gasteiger partial charge in [-0.25, -0.2) is 9.97 Å². The number of aromatic nitrogens is 2. The third-order valence-electron chi connectivity index (χ3n) is 2.20. The molecule has 0 aliphatic heterocycles. The summed E-state index contributed by atoms with van der Waals surface area (Å²) in [6.45, 7) is 3.44. The molecule has 0 amide bonds. The lowest BCUT2D eigenvalue weighted by Gasteiger charge is -2.06. The van der Waals surface area contributed by atoms with Crippen molar-refractivity contribution in [3.63, 3.8) is 0 Å². The van der Waals surface area contributed by atoms with Crippen LogP contribution < -0.4 is 5.32 Å². The second-order valence-corrected chi connectivity index (χ2v) is 3.95. The van der Waals surface area contributed by atoms with Crippen LogP contribution in [0.2, 0.25) is 5.15 Å². The van der Waals surface area contributed by atoms with E-state index in [1.807, 2.05) is 19.1 Å². The summed E-state index contributed by atoms with van der Waals surface area (Å²) in [5, 5.41) is 3.51. The minimum Gasteiger partial charge on any atom is -0.467 e. The van der Waals surface area contributed by atoms with Crippen LogP contribution in [0.15, 0.2) is 28.9 Å². The van der Waals surface area contributed by atoms with Crippen molar-refractivity contribution < 1.29 is 9.15 Å². The van der Waals surface area contributed by atoms with Crippen molar-refractivity contribution in [2.75, 3.05) is 11.9 Å². The molecular formula is C12H14ClN3O2. The summed E-state index contributed by atoms with van der Waals surface area (Å²) >= 11 is 5.92. The van der Waals surface area contributed by atoms with E-state index in [0.29, 0.717) is 36.6 Å². The zero-order chi connectivity index (χ0) is 12.8. The lowest BCUT2D eigenvalue weighted by molar-refractivity contribution is 0.128. The molecule has 0 spiro atoms. The molecule has 0 fully saturated rings. The number of hydrogen-bond donors (Lipinski definition) is 1. The fourth-order valence-corrected chi connectivity index (χ4v) is 1.60. The van der Waals surface area contributed by atoms with Crippen LogP contribution >= 0.6 is 11.6 Å². The van der Waals surface area contributed by atoms with Crippen LogP contribution in [0.1, 0.15) is 18.5 Å². The van der Waals surface area contributed by atoms with Gasteiger partial charge in [0.05, 0.1) is 12.8 Å². The zero-order valence-electron chi connectivity index (χ0n) is 10.0. The van der Waals surface area contributed by atoms with Crippen LogP contribution in [0.25, 0.3) is 0 Å². The summed E-state index contributed by atoms with van der Waals surface area (Å²) in [5.41, 5.74) is 0. The topological polar surface area (TPSA) is 60.2 Å². The summed E-state index contributed by atoms with van der Waals surface area (Å²) in [7, 11) is 0. The molecule has 0 saturated carbocycles. The van der Waals surface area contributed by atoms with E-state index >= 15 is 0 Å². The van der Waals surface area contributed by atoms with Crippen molar-refractivity contribution in [1.82, 2.24) is 9.97 Å². The summed E-state index contributed by atoms with van der Waals surface area (Å²) < 4.78 is 10.5. The zero-order valence-corrected chi connectivity index (χ0v) is 10.8. The summed E-state index contributed by atoms with van der Waals surface area (Å²) in [5.74, 6) is 2.04. The second-order valence-electron chi connectivity index (χ2n) is 3.56. The van der Waals surface area contributed by atoms with E-state index in [1.165, 1.54) is 0 Å². The number of rotatable bonds is 6. The van der Waals surface area contributed by atoms with E-state index in [4.69, 9.17) is 20.8 Å². The molecule has 0 unspecified atom stereocenters. The highest BCUT2D eigenvalue weighted by molar-refractivity contribution is 6.29. The fourth-order valence-electron chi connectivity index (χ4n) is 1.40. The molecule has 0 bridgehead atoms. The highest BCUT2D eigenvalue weighted by atomic mass is 35.5. The van der Waals surface area contributed by atoms with Crippen LogP contribution in [0.5, 0.6) is 0 Å². The molecule has 2 aromatic rings. The SMILES string of the molecule is CCOCc1nc(Cl)cc(NCc2ccco2)n1. The maximum absolute atomic E-state index is 5.92. The normalized spacial score (nSPS) is 10.6. The number of nitrogens with one attached hydrogen (secondary N) is 1. The van der Waals surface area contributed by atoms with Crippen molar-refractivity contribution in [1.29, 1.82) is 0 Å². The molecule has 18 heavy (non-hydrogen) atoms. The van der Waals surface area contributed by atoms with Crippen LogP contribution in [0.4, 0.5) is 5.82 Å². The molecule has 0 saturated heterocycles. The van der Waals surface area contributed by atoms with Crippen molar-refractivity contribution in [2.45, 2.75) is 20.1 Å². The Hall–Kier alpha value is -1.59. The number of hydrogen-bond acceptors (Lipinski definition) is 5. The van der Waals surface area contributed by atoms with Gasteiger partial charge in [0, 0.05) is 12.7 Å². The van der Waals surface area contributed by atoms with E-state index in [1.54, 1.807) is 12.3 Å². The highest BCUT2D eigenvalue weighted by Crippen LogP contribution is 2.13. The first kappa shape index (κ1) is 12.9. The van der Waals surface area contributed by atoms with E-state index in [0.717, 1.165) is 5.76 Å². The highest BCUT2D eigenvalue weighted by Gasteiger charge is 2.04. The van der Waals surface area contributed by atoms with Gasteiger partial charge >= 0.3 is 0 Å². The molecule has 2 rings (SSSR count). The Balaban J connectivity index is 2.00. The second kappa shape index (κ2) is 6.37. The van der Waals surface area contributed by atoms with Gasteiger partial charge in [0.25, 0.3) is 0 Å². The average molecular weight is 268 g/mol. The molecular weight excluding hydrogens is 254 g/mol. The van der Waals surface area contributed by atoms with Crippen LogP contribution in [-0.4, -0.2) is 16.6 Å². The van der Waals surface area contributed by atoms with Gasteiger partial charge in [-0.1, -0.05) is 11.6 Å². The van der Waals surface area contributed by atoms with Gasteiger partial charge in [0.1, 0.15) is 23.3 Å². The van der Waals surface area contributed by atoms with Gasteiger partial charge in [0.2, 0.25) is 0 Å². The first-order valence-corrected chi connectivity index (χ1v) is 6.03. The standard InChI is InChI=1S/C12H14ClN3O2/c1-2-17-8-12-15-10(13)6-11(16-12)14-7-9-4-3-5-18-9/h3-6H,2,7-8H2,1H3,(H,14,15,16). The van der Waals surface area contributed by atoms with Gasteiger partial charge in [0.15, 0.2) is 5.82 Å². The Morgan fingerprint density at radius 2 is 2.33 bits per heavy atom. The Morgan fingerprint density at radius 3 is 3.06 bits per heavy atom. The maximum atomic E-state index is 5.92. The fraction of sp³-hybridized carbons (Fsp3) is 0.333. The molecule has 1 N–H and O–H groups in total. The van der Waals surface area contributed by atoms with Gasteiger partial charge in [-0.2, -0.15) is 0 Å². The van der Waals surface area contributed by atoms with Crippen molar-refractivity contribution >= 4 is 17.4 Å². The molecule has 2 heterocycles. The number of anilines is 1. The van der Waals surface area contributed by atoms with Crippen LogP contribution in [-0.2, 0) is 17.9 Å². The lowest BCUT2D eigenvalue weighted by atomic mass is 10.4. The Kier molecular flexibility index (Phi) is 4.55. The van der Waals surface area contributed by atoms with Gasteiger partial charge in [-0.3, -0.25) is 0 Å². The maximum Gasteiger partial charge on any atom is 0.158 e. The van der Waals surface area contributed by atoms with Crippen LogP contribution in [0, 0.1) is 0 Å². The predicted molar refractivity (Wildman–Crippen MR) is 68.4 cm³/mol. The molecule has 2 aromatic heterocycles. The monoisotopic (exact) mass is 267 g/mol. The Labute approximate surface area is 110 Å². The van der Waals surface area contributed by atoms with Gasteiger partial charge in [-0.15, -0.1) is 0 Å². The summed E-state index contributed by atoms with van der Waals surface area (Å²) in [6.07, 6.45) is 1.63. The smallest absolute Gasteiger partial charge is 0.158 e. The molecule has 0 atom stereocenters. The van der Waals surface area contributed by atoms with E-state index in [9.17, 15) is 0 Å². The number of furan rings is 1. The molecule has 0 aliphatic rings. The largest absolute Gasteiger partial charge is 0.467 e. The number of halogens is 1. The molecule has 96 valence electrons. The minimum atomic E-state index is 0.354. The molecule has 6 heteroatoms. The molecule has 0 radical (unpaired) electrons. The number of ether oxygens (including phenoxy) is 1. The van der Waals surface area contributed by atoms with Crippen molar-refractivity contribution in [2.24, 2.45) is 0 Å². The minimum absolute atomic E-state index is 0.354. The van der Waals surface area contributed by atoms with Gasteiger partial charge < -0.3 is 14.5 Å².